The molecule has 1 N–H and O–H groups in total. The maximum absolute atomic E-state index is 13.9. The first-order valence-corrected chi connectivity index (χ1v) is 6.88. The average molecular weight is 286 g/mol. The number of carbonyl (C=O) groups is 1. The summed E-state index contributed by atoms with van der Waals surface area (Å²) in [5, 5.41) is 8.84. The van der Waals surface area contributed by atoms with Crippen molar-refractivity contribution in [3.05, 3.63) is 34.6 Å². The summed E-state index contributed by atoms with van der Waals surface area (Å²) in [6.45, 7) is 0.755. The van der Waals surface area contributed by atoms with Crippen LogP contribution in [0.1, 0.15) is 36.0 Å². The van der Waals surface area contributed by atoms with Crippen LogP contribution in [0.4, 0.5) is 4.39 Å². The second kappa shape index (κ2) is 6.35. The molecule has 1 saturated heterocycles. The van der Waals surface area contributed by atoms with Crippen molar-refractivity contribution in [2.24, 2.45) is 0 Å². The number of aliphatic hydroxyl groups excluding tert-OH is 1. The van der Waals surface area contributed by atoms with Gasteiger partial charge in [-0.25, -0.2) is 4.39 Å². The molecule has 1 aliphatic rings. The number of benzene rings is 1. The molecule has 5 heteroatoms. The van der Waals surface area contributed by atoms with Crippen molar-refractivity contribution >= 4 is 17.5 Å². The van der Waals surface area contributed by atoms with E-state index >= 15 is 0 Å². The summed E-state index contributed by atoms with van der Waals surface area (Å²) in [4.78, 5) is 14.1. The highest BCUT2D eigenvalue weighted by atomic mass is 35.5. The second-order valence-corrected chi connectivity index (χ2v) is 5.17. The minimum Gasteiger partial charge on any atom is -0.396 e. The highest BCUT2D eigenvalue weighted by Gasteiger charge is 2.30. The largest absolute Gasteiger partial charge is 0.396 e. The first-order chi connectivity index (χ1) is 9.15. The lowest BCUT2D eigenvalue weighted by Crippen LogP contribution is -2.36. The zero-order chi connectivity index (χ0) is 13.8. The molecule has 1 aromatic rings. The van der Waals surface area contributed by atoms with E-state index in [0.717, 1.165) is 19.3 Å². The standard InChI is InChI=1S/C14H17ClFNO2/c15-12-7-1-6-11(13(12)16)14(19)17-8-2-4-10(17)5-3-9-18/h1,6-7,10,18H,2-5,8-9H2. The number of halogens is 2. The second-order valence-electron chi connectivity index (χ2n) is 4.76. The van der Waals surface area contributed by atoms with Gasteiger partial charge < -0.3 is 10.0 Å². The van der Waals surface area contributed by atoms with Crippen molar-refractivity contribution < 1.29 is 14.3 Å². The van der Waals surface area contributed by atoms with Gasteiger partial charge in [-0.05, 0) is 37.8 Å². The summed E-state index contributed by atoms with van der Waals surface area (Å²) in [5.74, 6) is -0.956. The third-order valence-corrected chi connectivity index (χ3v) is 3.81. The summed E-state index contributed by atoms with van der Waals surface area (Å²) in [7, 11) is 0. The zero-order valence-electron chi connectivity index (χ0n) is 10.6. The number of hydrogen-bond donors (Lipinski definition) is 1. The van der Waals surface area contributed by atoms with Crippen LogP contribution in [0.5, 0.6) is 0 Å². The Hall–Kier alpha value is -1.13. The first kappa shape index (κ1) is 14.3. The molecule has 3 nitrogen and oxygen atoms in total. The molecule has 0 spiro atoms. The number of likely N-dealkylation sites (tertiary alicyclic amines) is 1. The van der Waals surface area contributed by atoms with Crippen molar-refractivity contribution in [2.75, 3.05) is 13.2 Å². The van der Waals surface area contributed by atoms with Crippen molar-refractivity contribution in [1.29, 1.82) is 0 Å². The van der Waals surface area contributed by atoms with Crippen LogP contribution >= 0.6 is 11.6 Å². The zero-order valence-corrected chi connectivity index (χ0v) is 11.4. The summed E-state index contributed by atoms with van der Waals surface area (Å²) >= 11 is 5.71. The molecule has 2 rings (SSSR count). The lowest BCUT2D eigenvalue weighted by atomic mass is 10.1. The molecule has 0 radical (unpaired) electrons. The van der Waals surface area contributed by atoms with Crippen molar-refractivity contribution in [3.8, 4) is 0 Å². The predicted molar refractivity (Wildman–Crippen MR) is 71.8 cm³/mol. The van der Waals surface area contributed by atoms with E-state index in [9.17, 15) is 9.18 Å². The van der Waals surface area contributed by atoms with Gasteiger partial charge in [-0.15, -0.1) is 0 Å². The van der Waals surface area contributed by atoms with E-state index in [2.05, 4.69) is 0 Å². The van der Waals surface area contributed by atoms with Crippen LogP contribution in [0.25, 0.3) is 0 Å². The Morgan fingerprint density at radius 3 is 3.05 bits per heavy atom. The molecule has 1 amide bonds. The van der Waals surface area contributed by atoms with E-state index in [0.29, 0.717) is 13.0 Å². The van der Waals surface area contributed by atoms with Gasteiger partial charge in [-0.3, -0.25) is 4.79 Å². The molecule has 1 fully saturated rings. The molecule has 1 aromatic carbocycles. The Morgan fingerprint density at radius 2 is 2.32 bits per heavy atom. The Balaban J connectivity index is 2.16. The third-order valence-electron chi connectivity index (χ3n) is 3.52. The van der Waals surface area contributed by atoms with Crippen LogP contribution in [0.2, 0.25) is 5.02 Å². The summed E-state index contributed by atoms with van der Waals surface area (Å²) in [6, 6.07) is 4.57. The third kappa shape index (κ3) is 3.07. The van der Waals surface area contributed by atoms with Gasteiger partial charge in [-0.1, -0.05) is 17.7 Å². The topological polar surface area (TPSA) is 40.5 Å². The Bertz CT molecular complexity index is 467. The van der Waals surface area contributed by atoms with Gasteiger partial charge in [0.1, 0.15) is 0 Å². The van der Waals surface area contributed by atoms with Crippen LogP contribution in [0.3, 0.4) is 0 Å². The van der Waals surface area contributed by atoms with Gasteiger partial charge in [0.15, 0.2) is 5.82 Å². The fourth-order valence-corrected chi connectivity index (χ4v) is 2.73. The normalized spacial score (nSPS) is 18.9. The maximum Gasteiger partial charge on any atom is 0.257 e. The molecular formula is C14H17ClFNO2. The fourth-order valence-electron chi connectivity index (χ4n) is 2.55. The van der Waals surface area contributed by atoms with Crippen LogP contribution < -0.4 is 0 Å². The first-order valence-electron chi connectivity index (χ1n) is 6.51. The highest BCUT2D eigenvalue weighted by molar-refractivity contribution is 6.31. The fraction of sp³-hybridized carbons (Fsp3) is 0.500. The van der Waals surface area contributed by atoms with Crippen molar-refractivity contribution in [3.63, 3.8) is 0 Å². The Morgan fingerprint density at radius 1 is 1.53 bits per heavy atom. The molecule has 19 heavy (non-hydrogen) atoms. The van der Waals surface area contributed by atoms with E-state index in [-0.39, 0.29) is 29.1 Å². The van der Waals surface area contributed by atoms with E-state index in [1.165, 1.54) is 12.1 Å². The monoisotopic (exact) mass is 285 g/mol. The number of hydrogen-bond acceptors (Lipinski definition) is 2. The number of nitrogens with zero attached hydrogens (tertiary/aromatic N) is 1. The van der Waals surface area contributed by atoms with Crippen LogP contribution in [0, 0.1) is 5.82 Å². The molecule has 1 aliphatic heterocycles. The minimum atomic E-state index is -0.651. The molecule has 104 valence electrons. The predicted octanol–water partition coefficient (Wildman–Crippen LogP) is 2.86. The highest BCUT2D eigenvalue weighted by Crippen LogP contribution is 2.26. The van der Waals surface area contributed by atoms with Crippen molar-refractivity contribution in [1.82, 2.24) is 4.90 Å². The SMILES string of the molecule is O=C(c1cccc(Cl)c1F)N1CCCC1CCCO. The van der Waals surface area contributed by atoms with Gasteiger partial charge >= 0.3 is 0 Å². The molecule has 1 heterocycles. The smallest absolute Gasteiger partial charge is 0.257 e. The Labute approximate surface area is 117 Å². The quantitative estimate of drug-likeness (QED) is 0.924. The summed E-state index contributed by atoms with van der Waals surface area (Å²) in [6.07, 6.45) is 3.24. The van der Waals surface area contributed by atoms with E-state index in [4.69, 9.17) is 16.7 Å². The molecule has 0 bridgehead atoms. The van der Waals surface area contributed by atoms with Gasteiger partial charge in [0.25, 0.3) is 5.91 Å². The van der Waals surface area contributed by atoms with Crippen LogP contribution in [-0.4, -0.2) is 35.1 Å². The molecule has 0 saturated carbocycles. The molecule has 0 aromatic heterocycles. The number of amides is 1. The molecule has 1 atom stereocenters. The molecule has 1 unspecified atom stereocenters. The average Bonchev–Trinajstić information content (AvgIpc) is 2.87. The summed E-state index contributed by atoms with van der Waals surface area (Å²) < 4.78 is 13.9. The maximum atomic E-state index is 13.9. The van der Waals surface area contributed by atoms with Gasteiger partial charge in [0.05, 0.1) is 10.6 Å². The summed E-state index contributed by atoms with van der Waals surface area (Å²) in [5.41, 5.74) is 0.0309. The van der Waals surface area contributed by atoms with Gasteiger partial charge in [0.2, 0.25) is 0 Å². The lowest BCUT2D eigenvalue weighted by molar-refractivity contribution is 0.0719. The van der Waals surface area contributed by atoms with E-state index in [1.54, 1.807) is 11.0 Å². The lowest BCUT2D eigenvalue weighted by Gasteiger charge is -2.25. The number of aliphatic hydroxyl groups is 1. The Kier molecular flexibility index (Phi) is 4.77. The molecular weight excluding hydrogens is 269 g/mol. The number of rotatable bonds is 4. The van der Waals surface area contributed by atoms with E-state index in [1.807, 2.05) is 0 Å². The molecule has 0 aliphatic carbocycles. The van der Waals surface area contributed by atoms with Crippen molar-refractivity contribution in [2.45, 2.75) is 31.7 Å². The van der Waals surface area contributed by atoms with E-state index < -0.39 is 5.82 Å². The van der Waals surface area contributed by atoms with Crippen LogP contribution in [0.15, 0.2) is 18.2 Å². The number of carbonyl (C=O) groups excluding carboxylic acids is 1. The van der Waals surface area contributed by atoms with Gasteiger partial charge in [-0.2, -0.15) is 0 Å². The van der Waals surface area contributed by atoms with Gasteiger partial charge in [0, 0.05) is 19.2 Å². The van der Waals surface area contributed by atoms with Crippen LogP contribution in [-0.2, 0) is 0 Å². The minimum absolute atomic E-state index is 0.0306.